The van der Waals surface area contributed by atoms with E-state index in [1.54, 1.807) is 0 Å². The number of fused-ring (bicyclic) bond motifs is 1. The lowest BCUT2D eigenvalue weighted by atomic mass is 9.83. The molecule has 1 unspecified atom stereocenters. The van der Waals surface area contributed by atoms with Gasteiger partial charge >= 0.3 is 0 Å². The van der Waals surface area contributed by atoms with Gasteiger partial charge in [-0.3, -0.25) is 0 Å². The second-order valence-electron chi connectivity index (χ2n) is 6.36. The van der Waals surface area contributed by atoms with Gasteiger partial charge in [0.15, 0.2) is 5.82 Å². The maximum absolute atomic E-state index is 5.89. The lowest BCUT2D eigenvalue weighted by Crippen LogP contribution is -2.34. The van der Waals surface area contributed by atoms with E-state index in [9.17, 15) is 0 Å². The zero-order valence-electron chi connectivity index (χ0n) is 13.3. The topological polar surface area (TPSA) is 47.0 Å². The van der Waals surface area contributed by atoms with E-state index in [1.807, 2.05) is 7.11 Å². The average Bonchev–Trinajstić information content (AvgIpc) is 2.55. The summed E-state index contributed by atoms with van der Waals surface area (Å²) in [5.41, 5.74) is 2.30. The zero-order chi connectivity index (χ0) is 14.7. The number of nitrogens with zero attached hydrogens (tertiary/aromatic N) is 2. The Bertz CT molecular complexity index is 483. The fraction of sp³-hybridized carbons (Fsp3) is 0.765. The molecule has 1 N–H and O–H groups in total. The highest BCUT2D eigenvalue weighted by Crippen LogP contribution is 2.39. The molecule has 1 atom stereocenters. The van der Waals surface area contributed by atoms with Gasteiger partial charge in [-0.25, -0.2) is 9.97 Å². The molecule has 1 aromatic heterocycles. The minimum absolute atomic E-state index is 0.238. The van der Waals surface area contributed by atoms with Gasteiger partial charge in [0.2, 0.25) is 0 Å². The fourth-order valence-corrected chi connectivity index (χ4v) is 3.87. The van der Waals surface area contributed by atoms with Crippen molar-refractivity contribution in [3.05, 3.63) is 23.3 Å². The molecule has 0 bridgehead atoms. The first kappa shape index (κ1) is 14.9. The van der Waals surface area contributed by atoms with Crippen LogP contribution in [0.25, 0.3) is 0 Å². The molecule has 0 radical (unpaired) electrons. The van der Waals surface area contributed by atoms with E-state index in [1.165, 1.54) is 43.4 Å². The van der Waals surface area contributed by atoms with Gasteiger partial charge in [-0.1, -0.05) is 26.2 Å². The first-order valence-electron chi connectivity index (χ1n) is 8.44. The Morgan fingerprint density at radius 3 is 2.81 bits per heavy atom. The van der Waals surface area contributed by atoms with Gasteiger partial charge in [0.1, 0.15) is 5.60 Å². The lowest BCUT2D eigenvalue weighted by Gasteiger charge is -2.35. The maximum atomic E-state index is 5.89. The highest BCUT2D eigenvalue weighted by atomic mass is 16.5. The average molecular weight is 289 g/mol. The molecule has 4 nitrogen and oxygen atoms in total. The number of aryl methyl sites for hydroxylation is 1. The van der Waals surface area contributed by atoms with Gasteiger partial charge in [0, 0.05) is 30.6 Å². The van der Waals surface area contributed by atoms with E-state index in [4.69, 9.17) is 14.7 Å². The Morgan fingerprint density at radius 1 is 1.29 bits per heavy atom. The summed E-state index contributed by atoms with van der Waals surface area (Å²) in [6.45, 7) is 3.15. The molecular weight excluding hydrogens is 262 g/mol. The maximum Gasteiger partial charge on any atom is 0.160 e. The molecule has 4 heteroatoms. The largest absolute Gasteiger partial charge is 0.370 e. The lowest BCUT2D eigenvalue weighted by molar-refractivity contribution is -0.0517. The van der Waals surface area contributed by atoms with Crippen LogP contribution in [0.2, 0.25) is 0 Å². The third-order valence-electron chi connectivity index (χ3n) is 5.09. The minimum Gasteiger partial charge on any atom is -0.370 e. The molecule has 1 saturated carbocycles. The van der Waals surface area contributed by atoms with Crippen molar-refractivity contribution >= 4 is 0 Å². The molecule has 0 spiro atoms. The van der Waals surface area contributed by atoms with Crippen molar-refractivity contribution in [2.75, 3.05) is 13.7 Å². The summed E-state index contributed by atoms with van der Waals surface area (Å²) in [7, 11) is 1.82. The molecule has 2 aliphatic carbocycles. The first-order valence-corrected chi connectivity index (χ1v) is 8.44. The van der Waals surface area contributed by atoms with Crippen molar-refractivity contribution in [3.8, 4) is 0 Å². The van der Waals surface area contributed by atoms with Crippen LogP contribution in [0.15, 0.2) is 6.20 Å². The Balaban J connectivity index is 1.91. The number of aromatic nitrogens is 2. The van der Waals surface area contributed by atoms with Crippen molar-refractivity contribution in [1.82, 2.24) is 15.3 Å². The molecule has 1 aromatic rings. The summed E-state index contributed by atoms with van der Waals surface area (Å²) in [4.78, 5) is 9.65. The molecule has 0 aromatic carbocycles. The standard InChI is InChI=1S/C17H27N3O/c1-3-18-14-8-7-9-15-13(14)12-19-16(20-15)17(21-2)10-5-4-6-11-17/h12,14,18H,3-11H2,1-2H3. The number of hydrogen-bond acceptors (Lipinski definition) is 4. The van der Waals surface area contributed by atoms with Crippen molar-refractivity contribution < 1.29 is 4.74 Å². The molecule has 1 fully saturated rings. The Labute approximate surface area is 127 Å². The SMILES string of the molecule is CCNC1CCCc2nc(C3(OC)CCCCC3)ncc21. The van der Waals surface area contributed by atoms with Gasteiger partial charge in [0.05, 0.1) is 0 Å². The second kappa shape index (κ2) is 6.41. The Hall–Kier alpha value is -1.00. The van der Waals surface area contributed by atoms with Crippen LogP contribution in [0.3, 0.4) is 0 Å². The molecule has 2 aliphatic rings. The van der Waals surface area contributed by atoms with Crippen molar-refractivity contribution in [2.45, 2.75) is 69.9 Å². The third-order valence-corrected chi connectivity index (χ3v) is 5.09. The van der Waals surface area contributed by atoms with Crippen LogP contribution in [0.1, 0.15) is 75.0 Å². The normalized spacial score (nSPS) is 24.6. The van der Waals surface area contributed by atoms with Crippen molar-refractivity contribution in [1.29, 1.82) is 0 Å². The van der Waals surface area contributed by atoms with Gasteiger partial charge in [-0.2, -0.15) is 0 Å². The highest BCUT2D eigenvalue weighted by molar-refractivity contribution is 5.26. The summed E-state index contributed by atoms with van der Waals surface area (Å²) in [5.74, 6) is 0.917. The molecule has 0 saturated heterocycles. The Kier molecular flexibility index (Phi) is 4.55. The monoisotopic (exact) mass is 289 g/mol. The van der Waals surface area contributed by atoms with Crippen LogP contribution in [0, 0.1) is 0 Å². The summed E-state index contributed by atoms with van der Waals surface area (Å²) in [6, 6.07) is 0.428. The van der Waals surface area contributed by atoms with Crippen LogP contribution in [0.5, 0.6) is 0 Å². The van der Waals surface area contributed by atoms with Crippen LogP contribution in [0.4, 0.5) is 0 Å². The molecule has 0 aliphatic heterocycles. The predicted molar refractivity (Wildman–Crippen MR) is 83.2 cm³/mol. The number of methoxy groups -OCH3 is 1. The van der Waals surface area contributed by atoms with Crippen molar-refractivity contribution in [2.24, 2.45) is 0 Å². The van der Waals surface area contributed by atoms with E-state index >= 15 is 0 Å². The van der Waals surface area contributed by atoms with Crippen LogP contribution in [-0.2, 0) is 16.8 Å². The van der Waals surface area contributed by atoms with E-state index in [0.29, 0.717) is 6.04 Å². The smallest absolute Gasteiger partial charge is 0.160 e. The van der Waals surface area contributed by atoms with Gasteiger partial charge < -0.3 is 10.1 Å². The van der Waals surface area contributed by atoms with Crippen molar-refractivity contribution in [3.63, 3.8) is 0 Å². The van der Waals surface area contributed by atoms with Crippen LogP contribution >= 0.6 is 0 Å². The molecular formula is C17H27N3O. The molecule has 3 rings (SSSR count). The van der Waals surface area contributed by atoms with E-state index in [-0.39, 0.29) is 5.60 Å². The third kappa shape index (κ3) is 2.84. The van der Waals surface area contributed by atoms with Gasteiger partial charge in [0.25, 0.3) is 0 Å². The predicted octanol–water partition coefficient (Wildman–Crippen LogP) is 3.27. The summed E-state index contributed by atoms with van der Waals surface area (Å²) in [6.07, 6.45) is 11.4. The molecule has 116 valence electrons. The quantitative estimate of drug-likeness (QED) is 0.924. The minimum atomic E-state index is -0.238. The van der Waals surface area contributed by atoms with Crippen LogP contribution < -0.4 is 5.32 Å². The molecule has 0 amide bonds. The summed E-state index contributed by atoms with van der Waals surface area (Å²) < 4.78 is 5.89. The number of rotatable bonds is 4. The second-order valence-corrected chi connectivity index (χ2v) is 6.36. The molecule has 1 heterocycles. The van der Waals surface area contributed by atoms with E-state index < -0.39 is 0 Å². The number of nitrogens with one attached hydrogen (secondary N) is 1. The summed E-state index contributed by atoms with van der Waals surface area (Å²) in [5, 5.41) is 3.55. The number of hydrogen-bond donors (Lipinski definition) is 1. The zero-order valence-corrected chi connectivity index (χ0v) is 13.3. The van der Waals surface area contributed by atoms with E-state index in [2.05, 4.69) is 18.4 Å². The van der Waals surface area contributed by atoms with E-state index in [0.717, 1.165) is 31.6 Å². The Morgan fingerprint density at radius 2 is 2.10 bits per heavy atom. The first-order chi connectivity index (χ1) is 10.3. The number of ether oxygens (including phenoxy) is 1. The van der Waals surface area contributed by atoms with Gasteiger partial charge in [-0.05, 0) is 38.6 Å². The highest BCUT2D eigenvalue weighted by Gasteiger charge is 2.37. The summed E-state index contributed by atoms with van der Waals surface area (Å²) >= 11 is 0. The van der Waals surface area contributed by atoms with Crippen LogP contribution in [-0.4, -0.2) is 23.6 Å². The van der Waals surface area contributed by atoms with Gasteiger partial charge in [-0.15, -0.1) is 0 Å². The fourth-order valence-electron chi connectivity index (χ4n) is 3.87. The molecule has 21 heavy (non-hydrogen) atoms.